The molecule has 0 unspecified atom stereocenters. The molecule has 2 saturated heterocycles. The standard InChI is InChI=1S/C18H37N5.HI/c1-3-10-22-13-7-17(8-14-22)16-21-18(19-2)20-9-15-23-11-5-4-6-12-23;/h17H,3-16H2,1-2H3,(H2,19,20,21);1H. The zero-order valence-corrected chi connectivity index (χ0v) is 18.1. The Morgan fingerprint density at radius 1 is 0.958 bits per heavy atom. The number of hydrogen-bond acceptors (Lipinski definition) is 3. The summed E-state index contributed by atoms with van der Waals surface area (Å²) in [5.41, 5.74) is 0. The Bertz CT molecular complexity index is 336. The average molecular weight is 451 g/mol. The molecule has 0 aromatic heterocycles. The van der Waals surface area contributed by atoms with E-state index >= 15 is 0 Å². The SMILES string of the molecule is CCCN1CCC(CNC(=NC)NCCN2CCCCC2)CC1.I. The van der Waals surface area contributed by atoms with E-state index in [0.29, 0.717) is 0 Å². The van der Waals surface area contributed by atoms with Crippen LogP contribution >= 0.6 is 24.0 Å². The monoisotopic (exact) mass is 451 g/mol. The topological polar surface area (TPSA) is 42.9 Å². The van der Waals surface area contributed by atoms with E-state index in [2.05, 4.69) is 32.3 Å². The molecule has 2 N–H and O–H groups in total. The van der Waals surface area contributed by atoms with Gasteiger partial charge in [-0.05, 0) is 70.7 Å². The molecule has 0 radical (unpaired) electrons. The van der Waals surface area contributed by atoms with Gasteiger partial charge in [-0.25, -0.2) is 0 Å². The largest absolute Gasteiger partial charge is 0.356 e. The minimum Gasteiger partial charge on any atom is -0.356 e. The fourth-order valence-corrected chi connectivity index (χ4v) is 3.71. The highest BCUT2D eigenvalue weighted by atomic mass is 127. The first-order chi connectivity index (χ1) is 11.3. The zero-order valence-electron chi connectivity index (χ0n) is 15.7. The second-order valence-electron chi connectivity index (χ2n) is 7.07. The van der Waals surface area contributed by atoms with Crippen LogP contribution in [0.2, 0.25) is 0 Å². The number of nitrogens with one attached hydrogen (secondary N) is 2. The third-order valence-corrected chi connectivity index (χ3v) is 5.20. The van der Waals surface area contributed by atoms with Crippen molar-refractivity contribution in [3.8, 4) is 0 Å². The number of hydrogen-bond donors (Lipinski definition) is 2. The van der Waals surface area contributed by atoms with Gasteiger partial charge in [0.2, 0.25) is 0 Å². The summed E-state index contributed by atoms with van der Waals surface area (Å²) >= 11 is 0. The molecule has 0 saturated carbocycles. The zero-order chi connectivity index (χ0) is 16.3. The molecular weight excluding hydrogens is 413 g/mol. The lowest BCUT2D eigenvalue weighted by atomic mass is 9.97. The molecule has 0 aromatic carbocycles. The molecule has 0 aromatic rings. The highest BCUT2D eigenvalue weighted by molar-refractivity contribution is 14.0. The Hall–Kier alpha value is -0.0800. The molecule has 2 aliphatic heterocycles. The maximum atomic E-state index is 4.36. The number of nitrogens with zero attached hydrogens (tertiary/aromatic N) is 3. The number of guanidine groups is 1. The Morgan fingerprint density at radius 3 is 2.25 bits per heavy atom. The molecule has 24 heavy (non-hydrogen) atoms. The molecule has 2 heterocycles. The van der Waals surface area contributed by atoms with Crippen molar-refractivity contribution in [1.82, 2.24) is 20.4 Å². The van der Waals surface area contributed by atoms with Crippen molar-refractivity contribution in [3.63, 3.8) is 0 Å². The summed E-state index contributed by atoms with van der Waals surface area (Å²) in [6.45, 7) is 11.8. The third kappa shape index (κ3) is 8.34. The van der Waals surface area contributed by atoms with Gasteiger partial charge in [-0.1, -0.05) is 13.3 Å². The molecule has 0 spiro atoms. The predicted molar refractivity (Wildman–Crippen MR) is 115 cm³/mol. The summed E-state index contributed by atoms with van der Waals surface area (Å²) in [6.07, 6.45) is 8.05. The number of aliphatic imine (C=N–C) groups is 1. The summed E-state index contributed by atoms with van der Waals surface area (Å²) in [7, 11) is 1.88. The van der Waals surface area contributed by atoms with Gasteiger partial charge >= 0.3 is 0 Å². The number of rotatable bonds is 7. The molecule has 2 aliphatic rings. The van der Waals surface area contributed by atoms with E-state index < -0.39 is 0 Å². The van der Waals surface area contributed by atoms with Gasteiger partial charge in [0, 0.05) is 26.7 Å². The third-order valence-electron chi connectivity index (χ3n) is 5.20. The van der Waals surface area contributed by atoms with Crippen LogP contribution < -0.4 is 10.6 Å². The van der Waals surface area contributed by atoms with Crippen LogP contribution in [0.4, 0.5) is 0 Å². The predicted octanol–water partition coefficient (Wildman–Crippen LogP) is 2.38. The molecule has 6 heteroatoms. The Kier molecular flexibility index (Phi) is 12.0. The molecule has 5 nitrogen and oxygen atoms in total. The highest BCUT2D eigenvalue weighted by Gasteiger charge is 2.18. The molecule has 142 valence electrons. The molecule has 2 fully saturated rings. The normalized spacial score (nSPS) is 21.3. The lowest BCUT2D eigenvalue weighted by Gasteiger charge is -2.32. The lowest BCUT2D eigenvalue weighted by Crippen LogP contribution is -2.45. The van der Waals surface area contributed by atoms with Crippen LogP contribution in [0.5, 0.6) is 0 Å². The van der Waals surface area contributed by atoms with Crippen LogP contribution in [0, 0.1) is 5.92 Å². The van der Waals surface area contributed by atoms with Crippen LogP contribution in [0.3, 0.4) is 0 Å². The summed E-state index contributed by atoms with van der Waals surface area (Å²) in [5, 5.41) is 7.00. The van der Waals surface area contributed by atoms with Crippen molar-refractivity contribution in [1.29, 1.82) is 0 Å². The molecule has 0 atom stereocenters. The molecular formula is C18H38IN5. The van der Waals surface area contributed by atoms with E-state index in [1.54, 1.807) is 0 Å². The van der Waals surface area contributed by atoms with Gasteiger partial charge < -0.3 is 20.4 Å². The second kappa shape index (κ2) is 13.2. The van der Waals surface area contributed by atoms with Crippen molar-refractivity contribution in [2.45, 2.75) is 45.4 Å². The van der Waals surface area contributed by atoms with Crippen LogP contribution in [0.25, 0.3) is 0 Å². The summed E-state index contributed by atoms with van der Waals surface area (Å²) < 4.78 is 0. The van der Waals surface area contributed by atoms with Gasteiger partial charge in [0.15, 0.2) is 5.96 Å². The average Bonchev–Trinajstić information content (AvgIpc) is 2.60. The lowest BCUT2D eigenvalue weighted by molar-refractivity contribution is 0.185. The van der Waals surface area contributed by atoms with Crippen LogP contribution in [-0.4, -0.2) is 75.2 Å². The summed E-state index contributed by atoms with van der Waals surface area (Å²) in [5.74, 6) is 1.77. The van der Waals surface area contributed by atoms with Crippen molar-refractivity contribution >= 4 is 29.9 Å². The Balaban J connectivity index is 0.00000288. The molecule has 2 rings (SSSR count). The van der Waals surface area contributed by atoms with Gasteiger partial charge in [-0.15, -0.1) is 24.0 Å². The highest BCUT2D eigenvalue weighted by Crippen LogP contribution is 2.16. The van der Waals surface area contributed by atoms with Crippen molar-refractivity contribution in [3.05, 3.63) is 0 Å². The first-order valence-electron chi connectivity index (χ1n) is 9.71. The number of piperidine rings is 2. The van der Waals surface area contributed by atoms with Crippen LogP contribution in [0.15, 0.2) is 4.99 Å². The van der Waals surface area contributed by atoms with Crippen molar-refractivity contribution < 1.29 is 0 Å². The first-order valence-corrected chi connectivity index (χ1v) is 9.71. The fourth-order valence-electron chi connectivity index (χ4n) is 3.71. The van der Waals surface area contributed by atoms with Crippen LogP contribution in [-0.2, 0) is 0 Å². The minimum atomic E-state index is 0. The number of likely N-dealkylation sites (tertiary alicyclic amines) is 2. The second-order valence-corrected chi connectivity index (χ2v) is 7.07. The maximum absolute atomic E-state index is 4.36. The first kappa shape index (κ1) is 22.0. The van der Waals surface area contributed by atoms with E-state index in [9.17, 15) is 0 Å². The van der Waals surface area contributed by atoms with E-state index in [1.807, 2.05) is 7.05 Å². The van der Waals surface area contributed by atoms with Crippen molar-refractivity contribution in [2.75, 3.05) is 59.4 Å². The van der Waals surface area contributed by atoms with E-state index in [0.717, 1.165) is 31.5 Å². The van der Waals surface area contributed by atoms with E-state index in [1.165, 1.54) is 71.2 Å². The number of halogens is 1. The van der Waals surface area contributed by atoms with Gasteiger partial charge in [-0.2, -0.15) is 0 Å². The summed E-state index contributed by atoms with van der Waals surface area (Å²) in [4.78, 5) is 9.53. The maximum Gasteiger partial charge on any atom is 0.191 e. The van der Waals surface area contributed by atoms with Gasteiger partial charge in [0.25, 0.3) is 0 Å². The Morgan fingerprint density at radius 2 is 1.62 bits per heavy atom. The van der Waals surface area contributed by atoms with E-state index in [4.69, 9.17) is 0 Å². The van der Waals surface area contributed by atoms with Gasteiger partial charge in [0.05, 0.1) is 0 Å². The van der Waals surface area contributed by atoms with Gasteiger partial charge in [0.1, 0.15) is 0 Å². The van der Waals surface area contributed by atoms with E-state index in [-0.39, 0.29) is 24.0 Å². The molecule has 0 bridgehead atoms. The summed E-state index contributed by atoms with van der Waals surface area (Å²) in [6, 6.07) is 0. The smallest absolute Gasteiger partial charge is 0.191 e. The van der Waals surface area contributed by atoms with Gasteiger partial charge in [-0.3, -0.25) is 4.99 Å². The molecule has 0 amide bonds. The fraction of sp³-hybridized carbons (Fsp3) is 0.944. The van der Waals surface area contributed by atoms with Crippen molar-refractivity contribution in [2.24, 2.45) is 10.9 Å². The minimum absolute atomic E-state index is 0. The Labute approximate surface area is 166 Å². The van der Waals surface area contributed by atoms with Crippen LogP contribution in [0.1, 0.15) is 45.4 Å². The quantitative estimate of drug-likeness (QED) is 0.355. The molecule has 0 aliphatic carbocycles.